The van der Waals surface area contributed by atoms with Gasteiger partial charge in [0.1, 0.15) is 0 Å². The predicted molar refractivity (Wildman–Crippen MR) is 91.6 cm³/mol. The Morgan fingerprint density at radius 2 is 1.37 bits per heavy atom. The number of amides is 1. The molecule has 98 valence electrons. The molecule has 2 rings (SSSR count). The lowest BCUT2D eigenvalue weighted by Crippen LogP contribution is -2.12. The molecule has 0 radical (unpaired) electrons. The first-order valence-corrected chi connectivity index (χ1v) is 8.36. The van der Waals surface area contributed by atoms with Crippen molar-refractivity contribution < 1.29 is 4.79 Å². The van der Waals surface area contributed by atoms with Crippen LogP contribution in [0.1, 0.15) is 10.4 Å². The molecule has 2 aromatic carbocycles. The summed E-state index contributed by atoms with van der Waals surface area (Å²) in [5.74, 6) is -0.156. The van der Waals surface area contributed by atoms with Crippen molar-refractivity contribution in [1.29, 1.82) is 0 Å². The average Bonchev–Trinajstić information content (AvgIpc) is 2.34. The highest BCUT2D eigenvalue weighted by Crippen LogP contribution is 2.34. The van der Waals surface area contributed by atoms with Gasteiger partial charge in [-0.05, 0) is 68.3 Å². The third-order valence-electron chi connectivity index (χ3n) is 2.35. The van der Waals surface area contributed by atoms with Crippen molar-refractivity contribution in [1.82, 2.24) is 0 Å². The van der Waals surface area contributed by atoms with Gasteiger partial charge < -0.3 is 5.32 Å². The smallest absolute Gasteiger partial charge is 0.255 e. The normalized spacial score (nSPS) is 10.3. The van der Waals surface area contributed by atoms with E-state index < -0.39 is 0 Å². The van der Waals surface area contributed by atoms with Crippen LogP contribution in [0.3, 0.4) is 0 Å². The van der Waals surface area contributed by atoms with E-state index in [0.717, 1.165) is 17.9 Å². The molecule has 0 atom stereocenters. The molecule has 19 heavy (non-hydrogen) atoms. The van der Waals surface area contributed by atoms with Crippen molar-refractivity contribution in [3.8, 4) is 0 Å². The van der Waals surface area contributed by atoms with Crippen LogP contribution in [0, 0.1) is 0 Å². The van der Waals surface area contributed by atoms with E-state index >= 15 is 0 Å². The number of hydrogen-bond donors (Lipinski definition) is 1. The second-order valence-corrected chi connectivity index (χ2v) is 7.25. The van der Waals surface area contributed by atoms with E-state index in [2.05, 4.69) is 69.0 Å². The van der Waals surface area contributed by atoms with Gasteiger partial charge in [-0.25, -0.2) is 0 Å². The van der Waals surface area contributed by atoms with Crippen molar-refractivity contribution in [2.45, 2.75) is 0 Å². The van der Waals surface area contributed by atoms with Crippen LogP contribution in [0.5, 0.6) is 0 Å². The molecule has 1 N–H and O–H groups in total. The Hall–Kier alpha value is -0.170. The standard InChI is InChI=1S/C13H7Br4NO/c14-8-3-1-7(2-4-8)13(19)18-12-10(16)5-9(15)6-11(12)17/h1-6H,(H,18,19). The van der Waals surface area contributed by atoms with Crippen molar-refractivity contribution in [3.63, 3.8) is 0 Å². The minimum absolute atomic E-state index is 0.156. The topological polar surface area (TPSA) is 29.1 Å². The van der Waals surface area contributed by atoms with Crippen LogP contribution < -0.4 is 5.32 Å². The predicted octanol–water partition coefficient (Wildman–Crippen LogP) is 5.99. The fourth-order valence-electron chi connectivity index (χ4n) is 1.45. The van der Waals surface area contributed by atoms with Crippen LogP contribution in [0.15, 0.2) is 54.3 Å². The summed E-state index contributed by atoms with van der Waals surface area (Å²) in [7, 11) is 0. The van der Waals surface area contributed by atoms with E-state index in [0.29, 0.717) is 11.3 Å². The third kappa shape index (κ3) is 3.90. The summed E-state index contributed by atoms with van der Waals surface area (Å²) in [5.41, 5.74) is 1.31. The van der Waals surface area contributed by atoms with E-state index in [1.54, 1.807) is 12.1 Å². The van der Waals surface area contributed by atoms with E-state index in [-0.39, 0.29) is 5.91 Å². The van der Waals surface area contributed by atoms with Crippen LogP contribution in [0.2, 0.25) is 0 Å². The fourth-order valence-corrected chi connectivity index (χ4v) is 4.17. The molecule has 0 aromatic heterocycles. The van der Waals surface area contributed by atoms with Crippen molar-refractivity contribution in [2.75, 3.05) is 5.32 Å². The number of carbonyl (C=O) groups is 1. The van der Waals surface area contributed by atoms with Gasteiger partial charge in [0.05, 0.1) is 5.69 Å². The van der Waals surface area contributed by atoms with E-state index in [1.165, 1.54) is 0 Å². The van der Waals surface area contributed by atoms with Crippen LogP contribution in [-0.2, 0) is 0 Å². The SMILES string of the molecule is O=C(Nc1c(Br)cc(Br)cc1Br)c1ccc(Br)cc1. The second kappa shape index (κ2) is 6.52. The first-order chi connectivity index (χ1) is 8.97. The Bertz CT molecular complexity index is 602. The lowest BCUT2D eigenvalue weighted by molar-refractivity contribution is 0.102. The summed E-state index contributed by atoms with van der Waals surface area (Å²) >= 11 is 13.6. The highest BCUT2D eigenvalue weighted by molar-refractivity contribution is 9.11. The zero-order chi connectivity index (χ0) is 14.0. The lowest BCUT2D eigenvalue weighted by Gasteiger charge is -2.10. The first-order valence-electron chi connectivity index (χ1n) is 5.19. The molecule has 0 bridgehead atoms. The third-order valence-corrected chi connectivity index (χ3v) is 4.59. The minimum atomic E-state index is -0.156. The van der Waals surface area contributed by atoms with Crippen LogP contribution in [0.25, 0.3) is 0 Å². The van der Waals surface area contributed by atoms with Crippen molar-refractivity contribution in [2.24, 2.45) is 0 Å². The highest BCUT2D eigenvalue weighted by atomic mass is 79.9. The summed E-state index contributed by atoms with van der Waals surface area (Å²) in [6.45, 7) is 0. The van der Waals surface area contributed by atoms with Gasteiger partial charge in [-0.3, -0.25) is 4.79 Å². The highest BCUT2D eigenvalue weighted by Gasteiger charge is 2.12. The van der Waals surface area contributed by atoms with Gasteiger partial charge in [-0.1, -0.05) is 31.9 Å². The molecule has 0 aliphatic carbocycles. The maximum absolute atomic E-state index is 12.1. The molecular weight excluding hydrogens is 506 g/mol. The molecule has 1 amide bonds. The first kappa shape index (κ1) is 15.2. The largest absolute Gasteiger partial charge is 0.320 e. The zero-order valence-electron chi connectivity index (χ0n) is 9.38. The molecule has 0 fully saturated rings. The minimum Gasteiger partial charge on any atom is -0.320 e. The van der Waals surface area contributed by atoms with E-state index in [4.69, 9.17) is 0 Å². The van der Waals surface area contributed by atoms with Gasteiger partial charge in [-0.2, -0.15) is 0 Å². The Morgan fingerprint density at radius 1 is 0.842 bits per heavy atom. The summed E-state index contributed by atoms with van der Waals surface area (Å²) in [6.07, 6.45) is 0. The van der Waals surface area contributed by atoms with Gasteiger partial charge in [0.25, 0.3) is 5.91 Å². The molecule has 6 heteroatoms. The molecular formula is C13H7Br4NO. The quantitative estimate of drug-likeness (QED) is 0.526. The Balaban J connectivity index is 2.26. The number of hydrogen-bond acceptors (Lipinski definition) is 1. The van der Waals surface area contributed by atoms with Crippen molar-refractivity contribution >= 4 is 75.3 Å². The summed E-state index contributed by atoms with van der Waals surface area (Å²) in [6, 6.07) is 10.9. The van der Waals surface area contributed by atoms with Crippen LogP contribution in [-0.4, -0.2) is 5.91 Å². The van der Waals surface area contributed by atoms with Crippen molar-refractivity contribution in [3.05, 3.63) is 59.9 Å². The lowest BCUT2D eigenvalue weighted by atomic mass is 10.2. The Morgan fingerprint density at radius 3 is 1.89 bits per heavy atom. The maximum atomic E-state index is 12.1. The monoisotopic (exact) mass is 509 g/mol. The van der Waals surface area contributed by atoms with Gasteiger partial charge in [0.15, 0.2) is 0 Å². The number of benzene rings is 2. The number of anilines is 1. The molecule has 2 aromatic rings. The molecule has 0 aliphatic heterocycles. The molecule has 0 heterocycles. The number of halogens is 4. The maximum Gasteiger partial charge on any atom is 0.255 e. The molecule has 0 spiro atoms. The molecule has 0 aliphatic rings. The van der Waals surface area contributed by atoms with E-state index in [9.17, 15) is 4.79 Å². The second-order valence-electron chi connectivity index (χ2n) is 3.71. The number of carbonyl (C=O) groups excluding carboxylic acids is 1. The van der Waals surface area contributed by atoms with Crippen LogP contribution in [0.4, 0.5) is 5.69 Å². The Labute approximate surface area is 144 Å². The van der Waals surface area contributed by atoms with Gasteiger partial charge in [0.2, 0.25) is 0 Å². The summed E-state index contributed by atoms with van der Waals surface area (Å²) < 4.78 is 3.47. The molecule has 0 saturated heterocycles. The number of nitrogens with one attached hydrogen (secondary N) is 1. The molecule has 0 unspecified atom stereocenters. The van der Waals surface area contributed by atoms with Gasteiger partial charge in [-0.15, -0.1) is 0 Å². The average molecular weight is 513 g/mol. The van der Waals surface area contributed by atoms with Crippen LogP contribution >= 0.6 is 63.7 Å². The Kier molecular flexibility index (Phi) is 5.22. The zero-order valence-corrected chi connectivity index (χ0v) is 15.7. The summed E-state index contributed by atoms with van der Waals surface area (Å²) in [5, 5.41) is 2.87. The molecule has 0 saturated carbocycles. The molecule has 2 nitrogen and oxygen atoms in total. The van der Waals surface area contributed by atoms with E-state index in [1.807, 2.05) is 24.3 Å². The fraction of sp³-hybridized carbons (Fsp3) is 0. The summed E-state index contributed by atoms with van der Waals surface area (Å²) in [4.78, 5) is 12.1. The van der Waals surface area contributed by atoms with Gasteiger partial charge in [0, 0.05) is 23.5 Å². The van der Waals surface area contributed by atoms with Gasteiger partial charge >= 0.3 is 0 Å². The number of rotatable bonds is 2.